The summed E-state index contributed by atoms with van der Waals surface area (Å²) in [4.78, 5) is 22.2. The maximum atomic E-state index is 11.4. The zero-order valence-corrected chi connectivity index (χ0v) is 9.61. The van der Waals surface area contributed by atoms with Crippen molar-refractivity contribution in [3.63, 3.8) is 0 Å². The van der Waals surface area contributed by atoms with E-state index < -0.39 is 18.0 Å². The molecule has 0 aliphatic heterocycles. The first-order valence-corrected chi connectivity index (χ1v) is 5.45. The number of amides is 2. The molecule has 0 fully saturated rings. The average molecular weight is 244 g/mol. The van der Waals surface area contributed by atoms with Crippen molar-refractivity contribution in [2.45, 2.75) is 19.9 Å². The molecule has 0 aliphatic rings. The third-order valence-corrected chi connectivity index (χ3v) is 2.41. The minimum atomic E-state index is -1.07. The van der Waals surface area contributed by atoms with Crippen LogP contribution in [0.25, 0.3) is 0 Å². The van der Waals surface area contributed by atoms with Gasteiger partial charge in [0.15, 0.2) is 0 Å². The lowest BCUT2D eigenvalue weighted by Crippen LogP contribution is -2.46. The van der Waals surface area contributed by atoms with E-state index in [1.54, 1.807) is 13.8 Å². The lowest BCUT2D eigenvalue weighted by molar-refractivity contribution is -0.140. The van der Waals surface area contributed by atoms with E-state index in [-0.39, 0.29) is 5.92 Å². The zero-order chi connectivity index (χ0) is 12.1. The van der Waals surface area contributed by atoms with Crippen molar-refractivity contribution in [1.29, 1.82) is 0 Å². The second-order valence-electron chi connectivity index (χ2n) is 3.40. The number of hydrogen-bond acceptors (Lipinski definition) is 5. The van der Waals surface area contributed by atoms with Crippen LogP contribution in [0.4, 0.5) is 9.93 Å². The van der Waals surface area contributed by atoms with Gasteiger partial charge in [0.05, 0.1) is 0 Å². The van der Waals surface area contributed by atoms with Gasteiger partial charge in [-0.15, -0.1) is 10.2 Å². The van der Waals surface area contributed by atoms with Gasteiger partial charge in [0.1, 0.15) is 11.6 Å². The molecule has 1 heterocycles. The van der Waals surface area contributed by atoms with Crippen molar-refractivity contribution < 1.29 is 14.7 Å². The van der Waals surface area contributed by atoms with Crippen molar-refractivity contribution in [1.82, 2.24) is 15.5 Å². The molecular weight excluding hydrogens is 232 g/mol. The van der Waals surface area contributed by atoms with Crippen LogP contribution in [0.2, 0.25) is 0 Å². The third kappa shape index (κ3) is 3.46. The summed E-state index contributed by atoms with van der Waals surface area (Å²) in [5, 5.41) is 21.0. The van der Waals surface area contributed by atoms with Crippen LogP contribution >= 0.6 is 11.3 Å². The summed E-state index contributed by atoms with van der Waals surface area (Å²) in [6, 6.07) is -1.52. The van der Waals surface area contributed by atoms with Gasteiger partial charge in [0.25, 0.3) is 0 Å². The highest BCUT2D eigenvalue weighted by atomic mass is 32.1. The maximum absolute atomic E-state index is 11.4. The second-order valence-corrected chi connectivity index (χ2v) is 4.24. The number of carbonyl (C=O) groups excluding carboxylic acids is 1. The normalized spacial score (nSPS) is 12.2. The molecule has 8 heteroatoms. The quantitative estimate of drug-likeness (QED) is 0.725. The molecule has 0 radical (unpaired) electrons. The largest absolute Gasteiger partial charge is 0.480 e. The van der Waals surface area contributed by atoms with Crippen molar-refractivity contribution >= 4 is 28.5 Å². The first kappa shape index (κ1) is 12.4. The van der Waals surface area contributed by atoms with E-state index in [0.29, 0.717) is 5.13 Å². The number of nitrogens with one attached hydrogen (secondary N) is 2. The maximum Gasteiger partial charge on any atom is 0.326 e. The highest BCUT2D eigenvalue weighted by molar-refractivity contribution is 7.13. The van der Waals surface area contributed by atoms with Gasteiger partial charge < -0.3 is 10.4 Å². The molecule has 1 aromatic rings. The van der Waals surface area contributed by atoms with Crippen LogP contribution in [-0.4, -0.2) is 33.3 Å². The van der Waals surface area contributed by atoms with Crippen LogP contribution in [0.1, 0.15) is 13.8 Å². The Bertz CT molecular complexity index is 365. The fourth-order valence-electron chi connectivity index (χ4n) is 1.02. The fourth-order valence-corrected chi connectivity index (χ4v) is 1.46. The molecule has 0 aromatic carbocycles. The summed E-state index contributed by atoms with van der Waals surface area (Å²) in [7, 11) is 0. The average Bonchev–Trinajstić information content (AvgIpc) is 2.65. The van der Waals surface area contributed by atoms with Gasteiger partial charge in [0.2, 0.25) is 5.13 Å². The van der Waals surface area contributed by atoms with E-state index in [2.05, 4.69) is 20.8 Å². The number of aromatic nitrogens is 2. The summed E-state index contributed by atoms with van der Waals surface area (Å²) in [6.45, 7) is 3.42. The Hall–Kier alpha value is -1.70. The Balaban J connectivity index is 2.52. The zero-order valence-electron chi connectivity index (χ0n) is 8.80. The molecule has 0 aliphatic carbocycles. The first-order valence-electron chi connectivity index (χ1n) is 4.57. The standard InChI is InChI=1S/C8H12N4O3S/c1-4(2)5(6(13)14)10-7(15)11-8-12-9-3-16-8/h3-5H,1-2H3,(H,13,14)(H2,10,11,12,15). The monoisotopic (exact) mass is 244 g/mol. The molecule has 7 nitrogen and oxygen atoms in total. The van der Waals surface area contributed by atoms with E-state index >= 15 is 0 Å². The molecular formula is C8H12N4O3S. The lowest BCUT2D eigenvalue weighted by atomic mass is 10.1. The Kier molecular flexibility index (Phi) is 4.18. The molecule has 0 bridgehead atoms. The smallest absolute Gasteiger partial charge is 0.326 e. The second kappa shape index (κ2) is 5.40. The van der Waals surface area contributed by atoms with Gasteiger partial charge in [-0.2, -0.15) is 0 Å². The molecule has 16 heavy (non-hydrogen) atoms. The van der Waals surface area contributed by atoms with Crippen LogP contribution < -0.4 is 10.6 Å². The van der Waals surface area contributed by atoms with Crippen LogP contribution in [0, 0.1) is 5.92 Å². The summed E-state index contributed by atoms with van der Waals surface area (Å²) < 4.78 is 0. The van der Waals surface area contributed by atoms with Crippen molar-refractivity contribution in [3.8, 4) is 0 Å². The van der Waals surface area contributed by atoms with Crippen molar-refractivity contribution in [3.05, 3.63) is 5.51 Å². The van der Waals surface area contributed by atoms with Crippen LogP contribution in [0.3, 0.4) is 0 Å². The number of nitrogens with zero attached hydrogens (tertiary/aromatic N) is 2. The van der Waals surface area contributed by atoms with E-state index in [0.717, 1.165) is 11.3 Å². The fraction of sp³-hybridized carbons (Fsp3) is 0.500. The Morgan fingerprint density at radius 1 is 1.50 bits per heavy atom. The number of aliphatic carboxylic acids is 1. The summed E-state index contributed by atoms with van der Waals surface area (Å²) in [5.74, 6) is -1.26. The predicted octanol–water partition coefficient (Wildman–Crippen LogP) is 0.769. The number of rotatable bonds is 4. The van der Waals surface area contributed by atoms with E-state index in [4.69, 9.17) is 5.11 Å². The van der Waals surface area contributed by atoms with E-state index in [1.807, 2.05) is 0 Å². The number of carboxylic acid groups (broad SMARTS) is 1. The molecule has 3 N–H and O–H groups in total. The van der Waals surface area contributed by atoms with Gasteiger partial charge >= 0.3 is 12.0 Å². The van der Waals surface area contributed by atoms with Crippen LogP contribution in [-0.2, 0) is 4.79 Å². The van der Waals surface area contributed by atoms with Crippen LogP contribution in [0.5, 0.6) is 0 Å². The summed E-state index contributed by atoms with van der Waals surface area (Å²) in [5.41, 5.74) is 1.47. The summed E-state index contributed by atoms with van der Waals surface area (Å²) in [6.07, 6.45) is 0. The minimum absolute atomic E-state index is 0.197. The molecule has 1 unspecified atom stereocenters. The first-order chi connectivity index (χ1) is 7.50. The number of urea groups is 1. The van der Waals surface area contributed by atoms with E-state index in [9.17, 15) is 9.59 Å². The minimum Gasteiger partial charge on any atom is -0.480 e. The molecule has 2 amide bonds. The number of carbonyl (C=O) groups is 2. The van der Waals surface area contributed by atoms with Gasteiger partial charge in [-0.3, -0.25) is 5.32 Å². The SMILES string of the molecule is CC(C)C(NC(=O)Nc1nncs1)C(=O)O. The summed E-state index contributed by atoms with van der Waals surface area (Å²) >= 11 is 1.15. The topological polar surface area (TPSA) is 104 Å². The number of hydrogen-bond donors (Lipinski definition) is 3. The number of carboxylic acids is 1. The van der Waals surface area contributed by atoms with Crippen molar-refractivity contribution in [2.75, 3.05) is 5.32 Å². The Labute approximate surface area is 95.9 Å². The lowest BCUT2D eigenvalue weighted by Gasteiger charge is -2.17. The Morgan fingerprint density at radius 2 is 2.19 bits per heavy atom. The third-order valence-electron chi connectivity index (χ3n) is 1.80. The molecule has 1 rings (SSSR count). The van der Waals surface area contributed by atoms with E-state index in [1.165, 1.54) is 5.51 Å². The molecule has 0 spiro atoms. The predicted molar refractivity (Wildman–Crippen MR) is 58.3 cm³/mol. The molecule has 1 atom stereocenters. The van der Waals surface area contributed by atoms with Crippen molar-refractivity contribution in [2.24, 2.45) is 5.92 Å². The highest BCUT2D eigenvalue weighted by Crippen LogP contribution is 2.08. The van der Waals surface area contributed by atoms with Gasteiger partial charge in [-0.25, -0.2) is 9.59 Å². The molecule has 1 aromatic heterocycles. The van der Waals surface area contributed by atoms with Crippen LogP contribution in [0.15, 0.2) is 5.51 Å². The van der Waals surface area contributed by atoms with Gasteiger partial charge in [-0.05, 0) is 5.92 Å². The van der Waals surface area contributed by atoms with Gasteiger partial charge in [-0.1, -0.05) is 25.2 Å². The number of anilines is 1. The molecule has 0 saturated carbocycles. The molecule has 0 saturated heterocycles. The molecule has 88 valence electrons. The van der Waals surface area contributed by atoms with Gasteiger partial charge in [0, 0.05) is 0 Å². The Morgan fingerprint density at radius 3 is 2.62 bits per heavy atom. The highest BCUT2D eigenvalue weighted by Gasteiger charge is 2.23.